The maximum Gasteiger partial charge on any atom is 0.165 e. The Morgan fingerprint density at radius 2 is 2.00 bits per heavy atom. The van der Waals surface area contributed by atoms with E-state index in [1.54, 1.807) is 14.2 Å². The number of nitrogens with zero attached hydrogens (tertiary/aromatic N) is 4. The van der Waals surface area contributed by atoms with Gasteiger partial charge in [0.15, 0.2) is 5.65 Å². The van der Waals surface area contributed by atoms with Gasteiger partial charge in [-0.3, -0.25) is 0 Å². The maximum absolute atomic E-state index is 5.55. The molecule has 0 unspecified atom stereocenters. The SMILES string of the molecule is CCCCN(CC)c1c2c(nc3c(-c4ccc(OC)cc4C)c(COC)nn13)CCC2. The van der Waals surface area contributed by atoms with Crippen molar-refractivity contribution in [2.24, 2.45) is 0 Å². The summed E-state index contributed by atoms with van der Waals surface area (Å²) < 4.78 is 13.1. The van der Waals surface area contributed by atoms with Gasteiger partial charge in [0.25, 0.3) is 0 Å². The number of anilines is 1. The van der Waals surface area contributed by atoms with Crippen molar-refractivity contribution in [3.63, 3.8) is 0 Å². The molecule has 6 heteroatoms. The van der Waals surface area contributed by atoms with Gasteiger partial charge < -0.3 is 14.4 Å². The summed E-state index contributed by atoms with van der Waals surface area (Å²) in [6.45, 7) is 9.05. The van der Waals surface area contributed by atoms with E-state index >= 15 is 0 Å². The summed E-state index contributed by atoms with van der Waals surface area (Å²) >= 11 is 0. The second kappa shape index (κ2) is 9.27. The first-order valence-electron chi connectivity index (χ1n) is 11.4. The van der Waals surface area contributed by atoms with Crippen LogP contribution in [0.5, 0.6) is 5.75 Å². The lowest BCUT2D eigenvalue weighted by Gasteiger charge is -2.26. The Kier molecular flexibility index (Phi) is 6.46. The van der Waals surface area contributed by atoms with E-state index < -0.39 is 0 Å². The van der Waals surface area contributed by atoms with Gasteiger partial charge in [0.2, 0.25) is 0 Å². The van der Waals surface area contributed by atoms with E-state index in [1.807, 2.05) is 6.07 Å². The molecule has 0 aliphatic heterocycles. The minimum atomic E-state index is 0.454. The molecule has 0 N–H and O–H groups in total. The monoisotopic (exact) mass is 422 g/mol. The summed E-state index contributed by atoms with van der Waals surface area (Å²) in [5, 5.41) is 5.07. The highest BCUT2D eigenvalue weighted by molar-refractivity contribution is 5.84. The van der Waals surface area contributed by atoms with Gasteiger partial charge in [0.1, 0.15) is 11.6 Å². The van der Waals surface area contributed by atoms with Gasteiger partial charge >= 0.3 is 0 Å². The molecule has 1 aromatic carbocycles. The first-order valence-corrected chi connectivity index (χ1v) is 11.4. The maximum atomic E-state index is 5.55. The highest BCUT2D eigenvalue weighted by Gasteiger charge is 2.27. The fourth-order valence-electron chi connectivity index (χ4n) is 4.70. The summed E-state index contributed by atoms with van der Waals surface area (Å²) in [5.41, 5.74) is 7.82. The molecular weight excluding hydrogens is 388 g/mol. The predicted molar refractivity (Wildman–Crippen MR) is 125 cm³/mol. The molecule has 1 aliphatic carbocycles. The zero-order chi connectivity index (χ0) is 22.0. The fourth-order valence-corrected chi connectivity index (χ4v) is 4.70. The number of methoxy groups -OCH3 is 2. The standard InChI is InChI=1S/C25H34N4O2/c1-6-8-14-28(7-2)25-20-10-9-11-21(20)26-24-23(22(16-30-4)27-29(24)25)19-13-12-18(31-5)15-17(19)3/h12-13,15H,6-11,14,16H2,1-5H3. The molecule has 2 aromatic heterocycles. The second-order valence-electron chi connectivity index (χ2n) is 8.32. The van der Waals surface area contributed by atoms with Gasteiger partial charge in [-0.1, -0.05) is 19.4 Å². The minimum absolute atomic E-state index is 0.454. The van der Waals surface area contributed by atoms with E-state index in [0.29, 0.717) is 6.61 Å². The van der Waals surface area contributed by atoms with Crippen LogP contribution in [0.2, 0.25) is 0 Å². The molecule has 3 aromatic rings. The number of unbranched alkanes of at least 4 members (excludes halogenated alkanes) is 1. The molecule has 4 rings (SSSR count). The van der Waals surface area contributed by atoms with Crippen LogP contribution in [0.3, 0.4) is 0 Å². The number of aromatic nitrogens is 3. The summed E-state index contributed by atoms with van der Waals surface area (Å²) in [5.74, 6) is 2.08. The van der Waals surface area contributed by atoms with E-state index in [1.165, 1.54) is 29.9 Å². The fraction of sp³-hybridized carbons (Fsp3) is 0.520. The van der Waals surface area contributed by atoms with Crippen molar-refractivity contribution < 1.29 is 9.47 Å². The molecule has 0 radical (unpaired) electrons. The van der Waals surface area contributed by atoms with Gasteiger partial charge in [-0.2, -0.15) is 9.61 Å². The third-order valence-corrected chi connectivity index (χ3v) is 6.28. The van der Waals surface area contributed by atoms with Crippen LogP contribution in [0.25, 0.3) is 16.8 Å². The Bertz CT molecular complexity index is 1070. The predicted octanol–water partition coefficient (Wildman–Crippen LogP) is 4.97. The highest BCUT2D eigenvalue weighted by Crippen LogP contribution is 2.38. The van der Waals surface area contributed by atoms with Crippen LogP contribution in [-0.2, 0) is 24.2 Å². The van der Waals surface area contributed by atoms with Crippen LogP contribution in [0.15, 0.2) is 18.2 Å². The largest absolute Gasteiger partial charge is 0.497 e. The molecule has 0 saturated heterocycles. The first-order chi connectivity index (χ1) is 15.1. The third-order valence-electron chi connectivity index (χ3n) is 6.28. The Morgan fingerprint density at radius 1 is 1.16 bits per heavy atom. The van der Waals surface area contributed by atoms with Gasteiger partial charge in [-0.25, -0.2) is 4.98 Å². The van der Waals surface area contributed by atoms with Crippen LogP contribution >= 0.6 is 0 Å². The molecule has 0 bridgehead atoms. The molecule has 0 fully saturated rings. The van der Waals surface area contributed by atoms with E-state index in [4.69, 9.17) is 19.6 Å². The molecule has 31 heavy (non-hydrogen) atoms. The Labute approximate surface area is 185 Å². The third kappa shape index (κ3) is 3.89. The van der Waals surface area contributed by atoms with Crippen molar-refractivity contribution in [1.82, 2.24) is 14.6 Å². The van der Waals surface area contributed by atoms with Crippen molar-refractivity contribution >= 4 is 11.5 Å². The zero-order valence-corrected chi connectivity index (χ0v) is 19.5. The van der Waals surface area contributed by atoms with E-state index in [-0.39, 0.29) is 0 Å². The molecule has 0 amide bonds. The van der Waals surface area contributed by atoms with Crippen LogP contribution in [0, 0.1) is 6.92 Å². The summed E-state index contributed by atoms with van der Waals surface area (Å²) in [7, 11) is 3.43. The molecule has 0 atom stereocenters. The summed E-state index contributed by atoms with van der Waals surface area (Å²) in [6.07, 6.45) is 5.62. The number of fused-ring (bicyclic) bond motifs is 2. The summed E-state index contributed by atoms with van der Waals surface area (Å²) in [6, 6.07) is 6.20. The van der Waals surface area contributed by atoms with Crippen molar-refractivity contribution in [3.05, 3.63) is 40.7 Å². The highest BCUT2D eigenvalue weighted by atomic mass is 16.5. The smallest absolute Gasteiger partial charge is 0.165 e. The lowest BCUT2D eigenvalue weighted by Crippen LogP contribution is -2.28. The average molecular weight is 423 g/mol. The Hall–Kier alpha value is -2.60. The topological polar surface area (TPSA) is 51.9 Å². The molecule has 0 saturated carbocycles. The van der Waals surface area contributed by atoms with Crippen LogP contribution < -0.4 is 9.64 Å². The van der Waals surface area contributed by atoms with Crippen LogP contribution in [-0.4, -0.2) is 41.9 Å². The number of benzene rings is 1. The van der Waals surface area contributed by atoms with E-state index in [2.05, 4.69) is 42.3 Å². The molecule has 1 aliphatic rings. The van der Waals surface area contributed by atoms with Crippen LogP contribution in [0.1, 0.15) is 55.6 Å². The molecular formula is C25H34N4O2. The van der Waals surface area contributed by atoms with E-state index in [9.17, 15) is 0 Å². The first kappa shape index (κ1) is 21.6. The van der Waals surface area contributed by atoms with Crippen molar-refractivity contribution in [2.45, 2.75) is 59.5 Å². The van der Waals surface area contributed by atoms with Crippen molar-refractivity contribution in [1.29, 1.82) is 0 Å². The summed E-state index contributed by atoms with van der Waals surface area (Å²) in [4.78, 5) is 7.65. The molecule has 2 heterocycles. The van der Waals surface area contributed by atoms with Gasteiger partial charge in [0, 0.05) is 31.5 Å². The van der Waals surface area contributed by atoms with Gasteiger partial charge in [-0.15, -0.1) is 0 Å². The second-order valence-corrected chi connectivity index (χ2v) is 8.32. The zero-order valence-electron chi connectivity index (χ0n) is 19.5. The van der Waals surface area contributed by atoms with Gasteiger partial charge in [0.05, 0.1) is 25.0 Å². The average Bonchev–Trinajstić information content (AvgIpc) is 3.38. The quantitative estimate of drug-likeness (QED) is 0.487. The Morgan fingerprint density at radius 3 is 2.68 bits per heavy atom. The van der Waals surface area contributed by atoms with Crippen molar-refractivity contribution in [3.8, 4) is 16.9 Å². The van der Waals surface area contributed by atoms with E-state index in [0.717, 1.165) is 66.1 Å². The lowest BCUT2D eigenvalue weighted by molar-refractivity contribution is 0.181. The Balaban J connectivity index is 1.99. The van der Waals surface area contributed by atoms with Crippen molar-refractivity contribution in [2.75, 3.05) is 32.2 Å². The molecule has 6 nitrogen and oxygen atoms in total. The number of ether oxygens (including phenoxy) is 2. The number of aryl methyl sites for hydroxylation is 2. The van der Waals surface area contributed by atoms with Gasteiger partial charge in [-0.05, 0) is 62.8 Å². The number of hydrogen-bond donors (Lipinski definition) is 0. The van der Waals surface area contributed by atoms with Crippen LogP contribution in [0.4, 0.5) is 5.82 Å². The minimum Gasteiger partial charge on any atom is -0.497 e. The molecule has 166 valence electrons. The number of rotatable bonds is 9. The lowest BCUT2D eigenvalue weighted by atomic mass is 10.00. The molecule has 0 spiro atoms. The number of hydrogen-bond acceptors (Lipinski definition) is 5. The normalized spacial score (nSPS) is 13.1.